The summed E-state index contributed by atoms with van der Waals surface area (Å²) in [6.07, 6.45) is 0. The van der Waals surface area contributed by atoms with Gasteiger partial charge >= 0.3 is 0 Å². The Morgan fingerprint density at radius 3 is 2.79 bits per heavy atom. The van der Waals surface area contributed by atoms with Crippen molar-refractivity contribution in [3.05, 3.63) is 17.0 Å². The molecule has 0 radical (unpaired) electrons. The van der Waals surface area contributed by atoms with Crippen LogP contribution in [0, 0.1) is 11.3 Å². The highest BCUT2D eigenvalue weighted by Crippen LogP contribution is 2.20. The van der Waals surface area contributed by atoms with Crippen molar-refractivity contribution in [3.63, 3.8) is 0 Å². The topological polar surface area (TPSA) is 82.4 Å². The zero-order valence-corrected chi connectivity index (χ0v) is 12.6. The minimum atomic E-state index is -3.51. The molecule has 0 fully saturated rings. The number of likely N-dealkylation sites (N-methyl/N-ethyl adjacent to an activating group) is 1. The van der Waals surface area contributed by atoms with E-state index in [0.717, 1.165) is 17.9 Å². The first-order valence-corrected chi connectivity index (χ1v) is 7.96. The van der Waals surface area contributed by atoms with E-state index in [2.05, 4.69) is 4.72 Å². The molecule has 0 spiro atoms. The van der Waals surface area contributed by atoms with Gasteiger partial charge in [0.15, 0.2) is 0 Å². The van der Waals surface area contributed by atoms with Gasteiger partial charge in [-0.1, -0.05) is 0 Å². The summed E-state index contributed by atoms with van der Waals surface area (Å²) < 4.78 is 31.4. The molecule has 0 aliphatic carbocycles. The summed E-state index contributed by atoms with van der Waals surface area (Å²) in [7, 11) is 0.0140. The van der Waals surface area contributed by atoms with E-state index >= 15 is 0 Å². The van der Waals surface area contributed by atoms with Gasteiger partial charge in [0.1, 0.15) is 15.2 Å². The second-order valence-corrected chi connectivity index (χ2v) is 7.00. The van der Waals surface area contributed by atoms with Crippen molar-refractivity contribution < 1.29 is 13.2 Å². The van der Waals surface area contributed by atoms with Crippen molar-refractivity contribution in [2.75, 3.05) is 40.4 Å². The number of methoxy groups -OCH3 is 1. The van der Waals surface area contributed by atoms with E-state index in [1.807, 2.05) is 18.0 Å². The van der Waals surface area contributed by atoms with Gasteiger partial charge < -0.3 is 9.64 Å². The molecule has 0 unspecified atom stereocenters. The first-order valence-electron chi connectivity index (χ1n) is 5.66. The molecule has 6 nitrogen and oxygen atoms in total. The van der Waals surface area contributed by atoms with E-state index in [9.17, 15) is 8.42 Å². The van der Waals surface area contributed by atoms with Gasteiger partial charge in [0.2, 0.25) is 10.0 Å². The lowest BCUT2D eigenvalue weighted by Gasteiger charge is -2.15. The summed E-state index contributed by atoms with van der Waals surface area (Å²) >= 11 is 0.967. The molecule has 1 rings (SSSR count). The van der Waals surface area contributed by atoms with E-state index in [1.165, 1.54) is 12.1 Å². The minimum absolute atomic E-state index is 0.170. The average molecular weight is 303 g/mol. The highest BCUT2D eigenvalue weighted by Gasteiger charge is 2.16. The van der Waals surface area contributed by atoms with Crippen molar-refractivity contribution in [1.82, 2.24) is 9.62 Å². The van der Waals surface area contributed by atoms with Gasteiger partial charge in [-0.2, -0.15) is 5.26 Å². The Hall–Kier alpha value is -0.980. The third kappa shape index (κ3) is 5.26. The van der Waals surface area contributed by atoms with Crippen LogP contribution in [0.15, 0.2) is 16.3 Å². The Balaban J connectivity index is 2.45. The monoisotopic (exact) mass is 303 g/mol. The molecule has 0 saturated heterocycles. The molecule has 1 aromatic heterocycles. The molecule has 19 heavy (non-hydrogen) atoms. The highest BCUT2D eigenvalue weighted by atomic mass is 32.2. The van der Waals surface area contributed by atoms with Crippen LogP contribution in [0.2, 0.25) is 0 Å². The van der Waals surface area contributed by atoms with Crippen LogP contribution < -0.4 is 4.72 Å². The van der Waals surface area contributed by atoms with Crippen LogP contribution in [0.1, 0.15) is 4.88 Å². The van der Waals surface area contributed by atoms with Crippen LogP contribution in [0.25, 0.3) is 0 Å². The largest absolute Gasteiger partial charge is 0.383 e. The second-order valence-electron chi connectivity index (χ2n) is 3.92. The number of ether oxygens (including phenoxy) is 1. The number of thiophene rings is 1. The predicted molar refractivity (Wildman–Crippen MR) is 73.6 cm³/mol. The molecule has 1 aromatic rings. The van der Waals surface area contributed by atoms with Crippen molar-refractivity contribution in [3.8, 4) is 6.07 Å². The molecular weight excluding hydrogens is 286 g/mol. The molecule has 0 aliphatic heterocycles. The maximum absolute atomic E-state index is 11.9. The molecule has 0 saturated carbocycles. The zero-order chi connectivity index (χ0) is 14.3. The summed E-state index contributed by atoms with van der Waals surface area (Å²) in [6, 6.07) is 4.87. The Labute approximate surface area is 117 Å². The molecule has 0 amide bonds. The maximum atomic E-state index is 11.9. The van der Waals surface area contributed by atoms with Crippen LogP contribution >= 0.6 is 11.3 Å². The maximum Gasteiger partial charge on any atom is 0.250 e. The van der Waals surface area contributed by atoms with Crippen molar-refractivity contribution in [2.45, 2.75) is 4.21 Å². The van der Waals surface area contributed by atoms with Crippen molar-refractivity contribution in [1.29, 1.82) is 5.26 Å². The SMILES string of the molecule is COCCN(C)CCNS(=O)(=O)c1ccc(C#N)s1. The van der Waals surface area contributed by atoms with E-state index in [1.54, 1.807) is 7.11 Å². The van der Waals surface area contributed by atoms with Gasteiger partial charge in [-0.3, -0.25) is 0 Å². The van der Waals surface area contributed by atoms with Crippen LogP contribution in [-0.2, 0) is 14.8 Å². The Morgan fingerprint density at radius 1 is 1.47 bits per heavy atom. The summed E-state index contributed by atoms with van der Waals surface area (Å²) in [5.41, 5.74) is 0. The van der Waals surface area contributed by atoms with Crippen LogP contribution in [-0.4, -0.2) is 53.7 Å². The van der Waals surface area contributed by atoms with E-state index in [4.69, 9.17) is 10.00 Å². The quantitative estimate of drug-likeness (QED) is 0.755. The summed E-state index contributed by atoms with van der Waals surface area (Å²) in [4.78, 5) is 2.36. The predicted octanol–water partition coefficient (Wildman–Crippen LogP) is 0.476. The number of hydrogen-bond donors (Lipinski definition) is 1. The Morgan fingerprint density at radius 2 is 2.21 bits per heavy atom. The Bertz CT molecular complexity index is 534. The van der Waals surface area contributed by atoms with Gasteiger partial charge in [0.25, 0.3) is 0 Å². The van der Waals surface area contributed by atoms with Gasteiger partial charge in [0, 0.05) is 26.7 Å². The minimum Gasteiger partial charge on any atom is -0.383 e. The highest BCUT2D eigenvalue weighted by molar-refractivity contribution is 7.91. The van der Waals surface area contributed by atoms with Gasteiger partial charge in [-0.15, -0.1) is 11.3 Å². The summed E-state index contributed by atoms with van der Waals surface area (Å²) in [5.74, 6) is 0. The third-order valence-corrected chi connectivity index (χ3v) is 5.36. The lowest BCUT2D eigenvalue weighted by molar-refractivity contribution is 0.162. The van der Waals surface area contributed by atoms with Crippen molar-refractivity contribution in [2.24, 2.45) is 0 Å². The van der Waals surface area contributed by atoms with Crippen LogP contribution in [0.4, 0.5) is 0 Å². The number of nitriles is 1. The van der Waals surface area contributed by atoms with Crippen LogP contribution in [0.3, 0.4) is 0 Å². The second kappa shape index (κ2) is 7.57. The molecule has 0 atom stereocenters. The standard InChI is InChI=1S/C11H17N3O3S2/c1-14(7-8-17-2)6-5-13-19(15,16)11-4-3-10(9-12)18-11/h3-4,13H,5-8H2,1-2H3. The number of rotatable bonds is 8. The fourth-order valence-electron chi connectivity index (χ4n) is 1.33. The molecular formula is C11H17N3O3S2. The molecule has 1 heterocycles. The first-order chi connectivity index (χ1) is 8.99. The van der Waals surface area contributed by atoms with Gasteiger partial charge in [-0.05, 0) is 19.2 Å². The normalized spacial score (nSPS) is 11.7. The van der Waals surface area contributed by atoms with Gasteiger partial charge in [0.05, 0.1) is 6.61 Å². The lowest BCUT2D eigenvalue weighted by atomic mass is 10.5. The third-order valence-electron chi connectivity index (χ3n) is 2.42. The number of sulfonamides is 1. The Kier molecular flexibility index (Phi) is 6.41. The number of nitrogens with one attached hydrogen (secondary N) is 1. The fraction of sp³-hybridized carbons (Fsp3) is 0.545. The molecule has 0 aliphatic rings. The average Bonchev–Trinajstić information content (AvgIpc) is 2.85. The summed E-state index contributed by atoms with van der Waals surface area (Å²) in [5, 5.41) is 8.67. The molecule has 8 heteroatoms. The van der Waals surface area contributed by atoms with Gasteiger partial charge in [-0.25, -0.2) is 13.1 Å². The molecule has 0 aromatic carbocycles. The lowest BCUT2D eigenvalue weighted by Crippen LogP contribution is -2.34. The molecule has 106 valence electrons. The van der Waals surface area contributed by atoms with E-state index in [-0.39, 0.29) is 4.21 Å². The fourth-order valence-corrected chi connectivity index (χ4v) is 3.49. The van der Waals surface area contributed by atoms with Crippen LogP contribution in [0.5, 0.6) is 0 Å². The number of nitrogens with zero attached hydrogens (tertiary/aromatic N) is 2. The summed E-state index contributed by atoms with van der Waals surface area (Å²) in [6.45, 7) is 2.27. The smallest absolute Gasteiger partial charge is 0.250 e. The van der Waals surface area contributed by atoms with E-state index in [0.29, 0.717) is 24.6 Å². The zero-order valence-electron chi connectivity index (χ0n) is 10.9. The molecule has 1 N–H and O–H groups in total. The van der Waals surface area contributed by atoms with E-state index < -0.39 is 10.0 Å². The first kappa shape index (κ1) is 16.1. The number of hydrogen-bond acceptors (Lipinski definition) is 6. The van der Waals surface area contributed by atoms with Crippen molar-refractivity contribution >= 4 is 21.4 Å². The molecule has 0 bridgehead atoms.